The van der Waals surface area contributed by atoms with Crippen molar-refractivity contribution in [1.29, 1.82) is 0 Å². The van der Waals surface area contributed by atoms with Crippen molar-refractivity contribution in [3.8, 4) is 11.6 Å². The standard InChI is InChI=1S/C18H14N4O4/c23-16-11-25-14-4-1-3-13(17(14)21-16)18(24)26-10-12-5-6-15(19-9-12)22-8-2-7-20-22/h1-9H,10-11H2,(H,21,23). The first-order valence-corrected chi connectivity index (χ1v) is 7.88. The number of carbonyl (C=O) groups is 2. The van der Waals surface area contributed by atoms with Crippen LogP contribution in [-0.2, 0) is 16.1 Å². The van der Waals surface area contributed by atoms with Gasteiger partial charge in [-0.2, -0.15) is 5.10 Å². The number of carbonyl (C=O) groups excluding carboxylic acids is 2. The number of benzene rings is 1. The fourth-order valence-corrected chi connectivity index (χ4v) is 2.54. The van der Waals surface area contributed by atoms with Crippen molar-refractivity contribution in [2.75, 3.05) is 11.9 Å². The minimum Gasteiger partial charge on any atom is -0.482 e. The van der Waals surface area contributed by atoms with E-state index in [2.05, 4.69) is 15.4 Å². The molecule has 0 saturated heterocycles. The second-order valence-corrected chi connectivity index (χ2v) is 5.57. The highest BCUT2D eigenvalue weighted by atomic mass is 16.5. The molecule has 1 amide bonds. The Morgan fingerprint density at radius 1 is 1.27 bits per heavy atom. The van der Waals surface area contributed by atoms with E-state index in [0.29, 0.717) is 17.3 Å². The van der Waals surface area contributed by atoms with Crippen LogP contribution in [0.15, 0.2) is 55.0 Å². The van der Waals surface area contributed by atoms with Gasteiger partial charge in [-0.05, 0) is 24.3 Å². The highest BCUT2D eigenvalue weighted by Gasteiger charge is 2.23. The Kier molecular flexibility index (Phi) is 4.06. The first-order chi connectivity index (χ1) is 12.7. The number of ether oxygens (including phenoxy) is 2. The van der Waals surface area contributed by atoms with E-state index in [0.717, 1.165) is 5.56 Å². The summed E-state index contributed by atoms with van der Waals surface area (Å²) in [6, 6.07) is 10.3. The molecule has 4 rings (SSSR count). The quantitative estimate of drug-likeness (QED) is 0.723. The Bertz CT molecular complexity index is 952. The molecule has 0 saturated carbocycles. The van der Waals surface area contributed by atoms with Crippen LogP contribution in [-0.4, -0.2) is 33.2 Å². The van der Waals surface area contributed by atoms with E-state index in [1.165, 1.54) is 0 Å². The maximum absolute atomic E-state index is 12.4. The van der Waals surface area contributed by atoms with Gasteiger partial charge in [-0.3, -0.25) is 4.79 Å². The Morgan fingerprint density at radius 2 is 2.19 bits per heavy atom. The zero-order valence-electron chi connectivity index (χ0n) is 13.6. The first kappa shape index (κ1) is 15.8. The third-order valence-electron chi connectivity index (χ3n) is 3.79. The number of para-hydroxylation sites is 1. The molecule has 1 aliphatic heterocycles. The zero-order chi connectivity index (χ0) is 17.9. The van der Waals surface area contributed by atoms with Crippen molar-refractivity contribution >= 4 is 17.6 Å². The summed E-state index contributed by atoms with van der Waals surface area (Å²) in [6.45, 7) is -0.0105. The molecule has 3 aromatic rings. The summed E-state index contributed by atoms with van der Waals surface area (Å²) in [6.07, 6.45) is 5.08. The van der Waals surface area contributed by atoms with Crippen LogP contribution in [0.2, 0.25) is 0 Å². The summed E-state index contributed by atoms with van der Waals surface area (Å²) < 4.78 is 12.3. The summed E-state index contributed by atoms with van der Waals surface area (Å²) in [5.74, 6) is 0.256. The second-order valence-electron chi connectivity index (χ2n) is 5.57. The Morgan fingerprint density at radius 3 is 2.96 bits per heavy atom. The molecule has 3 heterocycles. The Balaban J connectivity index is 1.45. The number of rotatable bonds is 4. The van der Waals surface area contributed by atoms with Gasteiger partial charge in [-0.25, -0.2) is 14.5 Å². The Hall–Kier alpha value is -3.68. The lowest BCUT2D eigenvalue weighted by Crippen LogP contribution is -2.27. The van der Waals surface area contributed by atoms with Gasteiger partial charge < -0.3 is 14.8 Å². The van der Waals surface area contributed by atoms with E-state index in [1.807, 2.05) is 6.07 Å². The number of fused-ring (bicyclic) bond motifs is 1. The smallest absolute Gasteiger partial charge is 0.340 e. The number of hydrogen-bond acceptors (Lipinski definition) is 6. The molecule has 0 fully saturated rings. The molecule has 0 spiro atoms. The second kappa shape index (κ2) is 6.67. The number of nitrogens with one attached hydrogen (secondary N) is 1. The number of esters is 1. The number of amides is 1. The number of anilines is 1. The van der Waals surface area contributed by atoms with Crippen molar-refractivity contribution in [2.45, 2.75) is 6.61 Å². The fraction of sp³-hybridized carbons (Fsp3) is 0.111. The predicted octanol–water partition coefficient (Wildman–Crippen LogP) is 1.96. The lowest BCUT2D eigenvalue weighted by atomic mass is 10.1. The average molecular weight is 350 g/mol. The summed E-state index contributed by atoms with van der Waals surface area (Å²) in [7, 11) is 0. The van der Waals surface area contributed by atoms with Gasteiger partial charge in [0.1, 0.15) is 12.4 Å². The molecule has 0 bridgehead atoms. The van der Waals surface area contributed by atoms with Gasteiger partial charge in [0.05, 0.1) is 11.3 Å². The van der Waals surface area contributed by atoms with Crippen molar-refractivity contribution in [3.05, 3.63) is 66.1 Å². The summed E-state index contributed by atoms with van der Waals surface area (Å²) in [4.78, 5) is 28.2. The summed E-state index contributed by atoms with van der Waals surface area (Å²) in [5, 5.41) is 6.74. The molecule has 1 N–H and O–H groups in total. The minimum absolute atomic E-state index is 0.0592. The van der Waals surface area contributed by atoms with Crippen LogP contribution in [0.4, 0.5) is 5.69 Å². The monoisotopic (exact) mass is 350 g/mol. The largest absolute Gasteiger partial charge is 0.482 e. The average Bonchev–Trinajstić information content (AvgIpc) is 3.21. The molecule has 8 heteroatoms. The molecule has 130 valence electrons. The van der Waals surface area contributed by atoms with Crippen LogP contribution < -0.4 is 10.1 Å². The predicted molar refractivity (Wildman–Crippen MR) is 91.0 cm³/mol. The number of aromatic nitrogens is 3. The van der Waals surface area contributed by atoms with Gasteiger partial charge in [0.2, 0.25) is 0 Å². The van der Waals surface area contributed by atoms with Gasteiger partial charge in [-0.15, -0.1) is 0 Å². The van der Waals surface area contributed by atoms with Crippen LogP contribution >= 0.6 is 0 Å². The van der Waals surface area contributed by atoms with Crippen LogP contribution in [0.3, 0.4) is 0 Å². The highest BCUT2D eigenvalue weighted by molar-refractivity contribution is 6.04. The first-order valence-electron chi connectivity index (χ1n) is 7.88. The molecule has 0 radical (unpaired) electrons. The number of hydrogen-bond donors (Lipinski definition) is 1. The lowest BCUT2D eigenvalue weighted by Gasteiger charge is -2.19. The molecule has 0 atom stereocenters. The van der Waals surface area contributed by atoms with Gasteiger partial charge in [0, 0.05) is 24.2 Å². The van der Waals surface area contributed by atoms with Crippen LogP contribution in [0.1, 0.15) is 15.9 Å². The zero-order valence-corrected chi connectivity index (χ0v) is 13.6. The number of nitrogens with zero attached hydrogens (tertiary/aromatic N) is 3. The SMILES string of the molecule is O=C1COc2cccc(C(=O)OCc3ccc(-n4cccn4)nc3)c2N1. The van der Waals surface area contributed by atoms with Gasteiger partial charge >= 0.3 is 5.97 Å². The van der Waals surface area contributed by atoms with Crippen LogP contribution in [0.5, 0.6) is 5.75 Å². The minimum atomic E-state index is -0.552. The molecule has 0 unspecified atom stereocenters. The van der Waals surface area contributed by atoms with Gasteiger partial charge in [0.25, 0.3) is 5.91 Å². The van der Waals surface area contributed by atoms with Crippen LogP contribution in [0.25, 0.3) is 5.82 Å². The van der Waals surface area contributed by atoms with E-state index >= 15 is 0 Å². The summed E-state index contributed by atoms with van der Waals surface area (Å²) >= 11 is 0. The van der Waals surface area contributed by atoms with E-state index in [1.54, 1.807) is 53.6 Å². The maximum atomic E-state index is 12.4. The molecular formula is C18H14N4O4. The van der Waals surface area contributed by atoms with Gasteiger partial charge in [-0.1, -0.05) is 12.1 Å². The molecule has 2 aromatic heterocycles. The Labute approximate surface area is 148 Å². The lowest BCUT2D eigenvalue weighted by molar-refractivity contribution is -0.118. The van der Waals surface area contributed by atoms with E-state index in [4.69, 9.17) is 9.47 Å². The normalized spacial score (nSPS) is 12.7. The summed E-state index contributed by atoms with van der Waals surface area (Å²) in [5.41, 5.74) is 1.32. The van der Waals surface area contributed by atoms with E-state index in [9.17, 15) is 9.59 Å². The van der Waals surface area contributed by atoms with Crippen LogP contribution in [0, 0.1) is 0 Å². The van der Waals surface area contributed by atoms with Gasteiger partial charge in [0.15, 0.2) is 12.4 Å². The molecule has 0 aliphatic carbocycles. The molecule has 26 heavy (non-hydrogen) atoms. The topological polar surface area (TPSA) is 95.3 Å². The third kappa shape index (κ3) is 3.12. The highest BCUT2D eigenvalue weighted by Crippen LogP contribution is 2.31. The van der Waals surface area contributed by atoms with Crippen molar-refractivity contribution in [1.82, 2.24) is 14.8 Å². The van der Waals surface area contributed by atoms with Crippen molar-refractivity contribution < 1.29 is 19.1 Å². The fourth-order valence-electron chi connectivity index (χ4n) is 2.54. The van der Waals surface area contributed by atoms with Crippen molar-refractivity contribution in [3.63, 3.8) is 0 Å². The molecule has 1 aliphatic rings. The molecule has 1 aromatic carbocycles. The molecular weight excluding hydrogens is 336 g/mol. The molecule has 8 nitrogen and oxygen atoms in total. The third-order valence-corrected chi connectivity index (χ3v) is 3.79. The van der Waals surface area contributed by atoms with E-state index in [-0.39, 0.29) is 24.7 Å². The van der Waals surface area contributed by atoms with Crippen molar-refractivity contribution in [2.24, 2.45) is 0 Å². The maximum Gasteiger partial charge on any atom is 0.340 e. The number of pyridine rings is 1. The van der Waals surface area contributed by atoms with E-state index < -0.39 is 5.97 Å².